The number of benzene rings is 3. The third-order valence-corrected chi connectivity index (χ3v) is 6.06. The fourth-order valence-corrected chi connectivity index (χ4v) is 4.04. The number of carbonyl (C=O) groups excluding carboxylic acids is 3. The van der Waals surface area contributed by atoms with Crippen LogP contribution in [0, 0.1) is 12.7 Å². The predicted molar refractivity (Wildman–Crippen MR) is 144 cm³/mol. The van der Waals surface area contributed by atoms with Gasteiger partial charge in [0.15, 0.2) is 5.82 Å². The van der Waals surface area contributed by atoms with Crippen LogP contribution in [-0.2, 0) is 9.59 Å². The Balaban J connectivity index is 1.45. The predicted octanol–water partition coefficient (Wildman–Crippen LogP) is 5.26. The topological polar surface area (TPSA) is 113 Å². The number of hydrogen-bond acceptors (Lipinski definition) is 6. The molecule has 0 aliphatic rings. The van der Waals surface area contributed by atoms with Crippen molar-refractivity contribution >= 4 is 47.1 Å². The molecule has 0 atom stereocenters. The van der Waals surface area contributed by atoms with Gasteiger partial charge in [-0.05, 0) is 61.0 Å². The van der Waals surface area contributed by atoms with E-state index in [4.69, 9.17) is 4.52 Å². The van der Waals surface area contributed by atoms with Crippen molar-refractivity contribution in [2.24, 2.45) is 0 Å². The molecule has 0 saturated carbocycles. The summed E-state index contributed by atoms with van der Waals surface area (Å²) in [6.07, 6.45) is 1.46. The van der Waals surface area contributed by atoms with Crippen LogP contribution < -0.4 is 16.0 Å². The number of nitrogens with one attached hydrogen (secondary N) is 3. The van der Waals surface area contributed by atoms with Crippen LogP contribution in [0.1, 0.15) is 21.7 Å². The molecule has 0 radical (unpaired) electrons. The Hall–Kier alpha value is -4.70. The molecule has 0 spiro atoms. The maximum Gasteiger partial charge on any atom is 0.272 e. The number of thioether (sulfide) groups is 1. The smallest absolute Gasteiger partial charge is 0.272 e. The van der Waals surface area contributed by atoms with Crippen LogP contribution in [0.25, 0.3) is 6.08 Å². The molecule has 4 rings (SSSR count). The minimum absolute atomic E-state index is 0.0224. The molecule has 192 valence electrons. The highest BCUT2D eigenvalue weighted by molar-refractivity contribution is 8.00. The third-order valence-electron chi connectivity index (χ3n) is 5.07. The molecule has 0 aliphatic heterocycles. The molecule has 1 aromatic heterocycles. The molecule has 1 heterocycles. The summed E-state index contributed by atoms with van der Waals surface area (Å²) in [5.41, 5.74) is 1.35. The standard InChI is InChI=1S/C28H23FN4O4S/c1-18-14-25(33-37-18)32-26(34)17-38-23-9-5-8-22(16-23)30-28(36)24(15-19-10-12-21(29)13-11-19)31-27(35)20-6-3-2-4-7-20/h2-16H,17H2,1H3,(H,30,36)(H,31,35)(H,32,33,34)/b24-15-. The lowest BCUT2D eigenvalue weighted by Gasteiger charge is -2.12. The first-order valence-electron chi connectivity index (χ1n) is 11.5. The summed E-state index contributed by atoms with van der Waals surface area (Å²) in [5, 5.41) is 11.8. The summed E-state index contributed by atoms with van der Waals surface area (Å²) in [6.45, 7) is 1.73. The largest absolute Gasteiger partial charge is 0.360 e. The Morgan fingerprint density at radius 1 is 0.947 bits per heavy atom. The van der Waals surface area contributed by atoms with Gasteiger partial charge in [-0.2, -0.15) is 0 Å². The lowest BCUT2D eigenvalue weighted by Crippen LogP contribution is -2.30. The SMILES string of the molecule is Cc1cc(NC(=O)CSc2cccc(NC(=O)/C(=C/c3ccc(F)cc3)NC(=O)c3ccccc3)c2)no1. The van der Waals surface area contributed by atoms with Crippen molar-refractivity contribution in [3.8, 4) is 0 Å². The van der Waals surface area contributed by atoms with Crippen LogP contribution in [-0.4, -0.2) is 28.6 Å². The summed E-state index contributed by atoms with van der Waals surface area (Å²) >= 11 is 1.27. The number of amides is 3. The summed E-state index contributed by atoms with van der Waals surface area (Å²) in [5.74, 6) is -0.666. The molecule has 3 aromatic carbocycles. The molecule has 3 amide bonds. The van der Waals surface area contributed by atoms with Crippen LogP contribution >= 0.6 is 11.8 Å². The van der Waals surface area contributed by atoms with E-state index >= 15 is 0 Å². The zero-order valence-corrected chi connectivity index (χ0v) is 21.1. The summed E-state index contributed by atoms with van der Waals surface area (Å²) in [7, 11) is 0. The van der Waals surface area contributed by atoms with Crippen molar-refractivity contribution in [3.05, 3.63) is 113 Å². The Labute approximate surface area is 222 Å². The van der Waals surface area contributed by atoms with Crippen LogP contribution in [0.4, 0.5) is 15.9 Å². The fraction of sp³-hybridized carbons (Fsp3) is 0.0714. The molecule has 8 nitrogen and oxygen atoms in total. The Kier molecular flexibility index (Phi) is 8.68. The van der Waals surface area contributed by atoms with E-state index in [9.17, 15) is 18.8 Å². The molecule has 0 saturated heterocycles. The van der Waals surface area contributed by atoms with E-state index < -0.39 is 17.6 Å². The van der Waals surface area contributed by atoms with Gasteiger partial charge in [-0.15, -0.1) is 11.8 Å². The van der Waals surface area contributed by atoms with Crippen molar-refractivity contribution in [1.29, 1.82) is 0 Å². The minimum Gasteiger partial charge on any atom is -0.360 e. The fourth-order valence-electron chi connectivity index (χ4n) is 3.28. The number of aromatic nitrogens is 1. The van der Waals surface area contributed by atoms with Crippen molar-refractivity contribution in [2.75, 3.05) is 16.4 Å². The van der Waals surface area contributed by atoms with Crippen molar-refractivity contribution in [2.45, 2.75) is 11.8 Å². The van der Waals surface area contributed by atoms with E-state index in [1.54, 1.807) is 67.6 Å². The Morgan fingerprint density at radius 3 is 2.42 bits per heavy atom. The second-order valence-corrected chi connectivity index (χ2v) is 9.12. The second-order valence-electron chi connectivity index (χ2n) is 8.07. The number of anilines is 2. The summed E-state index contributed by atoms with van der Waals surface area (Å²) in [6, 6.07) is 22.6. The van der Waals surface area contributed by atoms with E-state index in [2.05, 4.69) is 21.1 Å². The van der Waals surface area contributed by atoms with Gasteiger partial charge in [0.2, 0.25) is 5.91 Å². The molecular formula is C28H23FN4O4S. The number of aryl methyl sites for hydroxylation is 1. The molecule has 38 heavy (non-hydrogen) atoms. The number of rotatable bonds is 9. The van der Waals surface area contributed by atoms with E-state index in [1.807, 2.05) is 0 Å². The molecular weight excluding hydrogens is 507 g/mol. The highest BCUT2D eigenvalue weighted by atomic mass is 32.2. The number of nitrogens with zero attached hydrogens (tertiary/aromatic N) is 1. The molecule has 4 aromatic rings. The van der Waals surface area contributed by atoms with Gasteiger partial charge < -0.3 is 20.5 Å². The zero-order valence-electron chi connectivity index (χ0n) is 20.2. The average Bonchev–Trinajstić information content (AvgIpc) is 3.33. The quantitative estimate of drug-likeness (QED) is 0.201. The molecule has 0 bridgehead atoms. The normalized spacial score (nSPS) is 11.1. The second kappa shape index (κ2) is 12.5. The molecule has 0 fully saturated rings. The van der Waals surface area contributed by atoms with E-state index in [0.717, 1.165) is 4.90 Å². The maximum absolute atomic E-state index is 13.4. The van der Waals surface area contributed by atoms with Crippen molar-refractivity contribution in [3.63, 3.8) is 0 Å². The van der Waals surface area contributed by atoms with Gasteiger partial charge in [-0.1, -0.05) is 41.6 Å². The van der Waals surface area contributed by atoms with Crippen LogP contribution in [0.2, 0.25) is 0 Å². The highest BCUT2D eigenvalue weighted by Gasteiger charge is 2.16. The average molecular weight is 531 g/mol. The van der Waals surface area contributed by atoms with Gasteiger partial charge in [0.05, 0.1) is 5.75 Å². The number of halogens is 1. The monoisotopic (exact) mass is 530 g/mol. The van der Waals surface area contributed by atoms with Crippen molar-refractivity contribution in [1.82, 2.24) is 10.5 Å². The van der Waals surface area contributed by atoms with Gasteiger partial charge >= 0.3 is 0 Å². The zero-order chi connectivity index (χ0) is 26.9. The Bertz CT molecular complexity index is 1470. The van der Waals surface area contributed by atoms with Crippen LogP contribution in [0.3, 0.4) is 0 Å². The lowest BCUT2D eigenvalue weighted by molar-refractivity contribution is -0.114. The van der Waals surface area contributed by atoms with E-state index in [-0.39, 0.29) is 17.4 Å². The van der Waals surface area contributed by atoms with Gasteiger partial charge in [-0.25, -0.2) is 4.39 Å². The molecule has 0 unspecified atom stereocenters. The number of carbonyl (C=O) groups is 3. The molecule has 3 N–H and O–H groups in total. The lowest BCUT2D eigenvalue weighted by atomic mass is 10.1. The summed E-state index contributed by atoms with van der Waals surface area (Å²) in [4.78, 5) is 38.9. The number of hydrogen-bond donors (Lipinski definition) is 3. The maximum atomic E-state index is 13.4. The van der Waals surface area contributed by atoms with Crippen LogP contribution in [0.15, 0.2) is 100 Å². The van der Waals surface area contributed by atoms with Gasteiger partial charge in [-0.3, -0.25) is 14.4 Å². The first-order chi connectivity index (χ1) is 18.4. The first kappa shape index (κ1) is 26.4. The van der Waals surface area contributed by atoms with Crippen molar-refractivity contribution < 1.29 is 23.3 Å². The van der Waals surface area contributed by atoms with Gasteiger partial charge in [0.1, 0.15) is 17.3 Å². The minimum atomic E-state index is -0.570. The Morgan fingerprint density at radius 2 is 1.71 bits per heavy atom. The highest BCUT2D eigenvalue weighted by Crippen LogP contribution is 2.22. The van der Waals surface area contributed by atoms with E-state index in [0.29, 0.717) is 28.4 Å². The molecule has 0 aliphatic carbocycles. The molecule has 10 heteroatoms. The third kappa shape index (κ3) is 7.65. The first-order valence-corrected chi connectivity index (χ1v) is 12.5. The van der Waals surface area contributed by atoms with Crippen LogP contribution in [0.5, 0.6) is 0 Å². The van der Waals surface area contributed by atoms with Gasteiger partial charge in [0.25, 0.3) is 11.8 Å². The van der Waals surface area contributed by atoms with Gasteiger partial charge in [0, 0.05) is 22.2 Å². The van der Waals surface area contributed by atoms with E-state index in [1.165, 1.54) is 42.1 Å². The summed E-state index contributed by atoms with van der Waals surface area (Å²) < 4.78 is 18.3.